The molecule has 0 fully saturated rings. The van der Waals surface area contributed by atoms with Crippen molar-refractivity contribution in [2.75, 3.05) is 11.6 Å². The first-order valence-electron chi connectivity index (χ1n) is 5.97. The second kappa shape index (κ2) is 5.72. The highest BCUT2D eigenvalue weighted by Gasteiger charge is 2.20. The van der Waals surface area contributed by atoms with Crippen molar-refractivity contribution in [3.63, 3.8) is 0 Å². The van der Waals surface area contributed by atoms with E-state index in [9.17, 15) is 18.0 Å². The second-order valence-electron chi connectivity index (χ2n) is 5.41. The van der Waals surface area contributed by atoms with E-state index in [4.69, 9.17) is 9.84 Å². The van der Waals surface area contributed by atoms with E-state index in [-0.39, 0.29) is 16.1 Å². The van der Waals surface area contributed by atoms with Crippen LogP contribution >= 0.6 is 0 Å². The Morgan fingerprint density at radius 1 is 1.24 bits per heavy atom. The van der Waals surface area contributed by atoms with Gasteiger partial charge < -0.3 is 9.84 Å². The Kier molecular flexibility index (Phi) is 4.62. The fourth-order valence-electron chi connectivity index (χ4n) is 1.45. The molecule has 0 saturated heterocycles. The molecule has 0 saturated carbocycles. The first-order valence-corrected chi connectivity index (χ1v) is 7.87. The quantitative estimate of drug-likeness (QED) is 0.884. The zero-order valence-corrected chi connectivity index (χ0v) is 12.9. The monoisotopic (exact) mass is 315 g/mol. The smallest absolute Gasteiger partial charge is 0.412 e. The first-order chi connectivity index (χ1) is 9.40. The zero-order chi connectivity index (χ0) is 16.4. The van der Waals surface area contributed by atoms with E-state index in [0.29, 0.717) is 0 Å². The maximum atomic E-state index is 11.6. The number of anilines is 1. The van der Waals surface area contributed by atoms with Gasteiger partial charge >= 0.3 is 12.1 Å². The van der Waals surface area contributed by atoms with Gasteiger partial charge in [0, 0.05) is 6.26 Å². The molecule has 0 heterocycles. The maximum Gasteiger partial charge on any atom is 0.412 e. The summed E-state index contributed by atoms with van der Waals surface area (Å²) in [6, 6.07) is 3.42. The van der Waals surface area contributed by atoms with Crippen LogP contribution < -0.4 is 5.32 Å². The second-order valence-corrected chi connectivity index (χ2v) is 7.43. The molecule has 0 aliphatic carbocycles. The number of ether oxygens (including phenoxy) is 1. The van der Waals surface area contributed by atoms with Gasteiger partial charge in [-0.15, -0.1) is 0 Å². The van der Waals surface area contributed by atoms with Crippen molar-refractivity contribution in [2.24, 2.45) is 0 Å². The molecule has 8 heteroatoms. The summed E-state index contributed by atoms with van der Waals surface area (Å²) in [5, 5.41) is 11.4. The van der Waals surface area contributed by atoms with Gasteiger partial charge in [0.2, 0.25) is 0 Å². The Bertz CT molecular complexity index is 672. The maximum absolute atomic E-state index is 11.6. The molecule has 2 N–H and O–H groups in total. The molecule has 7 nitrogen and oxygen atoms in total. The van der Waals surface area contributed by atoms with E-state index in [0.717, 1.165) is 12.3 Å². The van der Waals surface area contributed by atoms with Gasteiger partial charge in [0.15, 0.2) is 9.84 Å². The lowest BCUT2D eigenvalue weighted by atomic mass is 10.2. The molecule has 0 unspecified atom stereocenters. The lowest BCUT2D eigenvalue weighted by Gasteiger charge is -2.20. The molecular weight excluding hydrogens is 298 g/mol. The molecule has 1 aromatic rings. The number of carboxylic acids is 1. The number of sulfone groups is 1. The average Bonchev–Trinajstić information content (AvgIpc) is 2.24. The predicted molar refractivity (Wildman–Crippen MR) is 76.4 cm³/mol. The van der Waals surface area contributed by atoms with Crippen molar-refractivity contribution in [3.8, 4) is 0 Å². The number of carbonyl (C=O) groups excluding carboxylic acids is 1. The van der Waals surface area contributed by atoms with Gasteiger partial charge in [-0.05, 0) is 39.0 Å². The Morgan fingerprint density at radius 3 is 2.24 bits per heavy atom. The van der Waals surface area contributed by atoms with Crippen LogP contribution in [0.4, 0.5) is 10.5 Å². The summed E-state index contributed by atoms with van der Waals surface area (Å²) >= 11 is 0. The molecule has 0 atom stereocenters. The molecule has 1 aromatic carbocycles. The number of hydrogen-bond acceptors (Lipinski definition) is 5. The van der Waals surface area contributed by atoms with Gasteiger partial charge in [-0.3, -0.25) is 5.32 Å². The number of nitrogens with one attached hydrogen (secondary N) is 1. The van der Waals surface area contributed by atoms with Crippen LogP contribution in [0.5, 0.6) is 0 Å². The van der Waals surface area contributed by atoms with Crippen LogP contribution in [0.2, 0.25) is 0 Å². The number of amides is 1. The van der Waals surface area contributed by atoms with Gasteiger partial charge in [-0.25, -0.2) is 18.0 Å². The number of carbonyl (C=O) groups is 2. The highest BCUT2D eigenvalue weighted by atomic mass is 32.2. The van der Waals surface area contributed by atoms with Crippen LogP contribution in [0.3, 0.4) is 0 Å². The normalized spacial score (nSPS) is 11.8. The van der Waals surface area contributed by atoms with Gasteiger partial charge in [0.05, 0.1) is 16.1 Å². The Labute approximate surface area is 122 Å². The molecule has 0 spiro atoms. The number of rotatable bonds is 3. The van der Waals surface area contributed by atoms with Crippen molar-refractivity contribution in [1.29, 1.82) is 0 Å². The Balaban J connectivity index is 3.14. The number of benzene rings is 1. The predicted octanol–water partition coefficient (Wildman–Crippen LogP) is 2.14. The van der Waals surface area contributed by atoms with E-state index in [2.05, 4.69) is 5.32 Å². The summed E-state index contributed by atoms with van der Waals surface area (Å²) < 4.78 is 27.9. The van der Waals surface area contributed by atoms with Crippen LogP contribution in [-0.4, -0.2) is 37.4 Å². The van der Waals surface area contributed by atoms with Crippen LogP contribution in [0, 0.1) is 0 Å². The summed E-state index contributed by atoms with van der Waals surface area (Å²) in [6.07, 6.45) is 0.145. The third-order valence-electron chi connectivity index (χ3n) is 2.29. The van der Waals surface area contributed by atoms with Gasteiger partial charge in [-0.1, -0.05) is 0 Å². The molecule has 0 aliphatic heterocycles. The Hall–Kier alpha value is -2.09. The number of carboxylic acid groups (broad SMARTS) is 1. The topological polar surface area (TPSA) is 110 Å². The first kappa shape index (κ1) is 17.0. The summed E-state index contributed by atoms with van der Waals surface area (Å²) in [4.78, 5) is 22.7. The fraction of sp³-hybridized carbons (Fsp3) is 0.385. The SMILES string of the molecule is CC(C)(C)OC(=O)Nc1ccc(S(C)(=O)=O)cc1C(=O)O. The highest BCUT2D eigenvalue weighted by Crippen LogP contribution is 2.21. The minimum Gasteiger partial charge on any atom is -0.478 e. The Morgan fingerprint density at radius 2 is 1.81 bits per heavy atom. The highest BCUT2D eigenvalue weighted by molar-refractivity contribution is 7.90. The average molecular weight is 315 g/mol. The van der Waals surface area contributed by atoms with Crippen LogP contribution in [-0.2, 0) is 14.6 Å². The van der Waals surface area contributed by atoms with Gasteiger partial charge in [0.1, 0.15) is 5.60 Å². The standard InChI is InChI=1S/C13H17NO6S/c1-13(2,3)20-12(17)14-10-6-5-8(21(4,18)19)7-9(10)11(15)16/h5-7H,1-4H3,(H,14,17)(H,15,16). The lowest BCUT2D eigenvalue weighted by Crippen LogP contribution is -2.27. The molecule has 1 amide bonds. The molecule has 1 rings (SSSR count). The minimum atomic E-state index is -3.54. The number of hydrogen-bond donors (Lipinski definition) is 2. The lowest BCUT2D eigenvalue weighted by molar-refractivity contribution is 0.0636. The molecule has 0 bridgehead atoms. The minimum absolute atomic E-state index is 0.0378. The van der Waals surface area contributed by atoms with Crippen LogP contribution in [0.1, 0.15) is 31.1 Å². The molecule has 0 aliphatic rings. The van der Waals surface area contributed by atoms with Gasteiger partial charge in [-0.2, -0.15) is 0 Å². The van der Waals surface area contributed by atoms with Crippen molar-refractivity contribution in [1.82, 2.24) is 0 Å². The molecule has 0 radical (unpaired) electrons. The van der Waals surface area contributed by atoms with E-state index < -0.39 is 27.5 Å². The van der Waals surface area contributed by atoms with Crippen molar-refractivity contribution >= 4 is 27.6 Å². The van der Waals surface area contributed by atoms with E-state index in [1.165, 1.54) is 12.1 Å². The van der Waals surface area contributed by atoms with E-state index in [1.807, 2.05) is 0 Å². The number of aromatic carboxylic acids is 1. The third kappa shape index (κ3) is 5.07. The zero-order valence-electron chi connectivity index (χ0n) is 12.1. The van der Waals surface area contributed by atoms with E-state index in [1.54, 1.807) is 20.8 Å². The summed E-state index contributed by atoms with van der Waals surface area (Å²) in [7, 11) is -3.54. The fourth-order valence-corrected chi connectivity index (χ4v) is 2.10. The van der Waals surface area contributed by atoms with Crippen molar-refractivity contribution in [2.45, 2.75) is 31.3 Å². The van der Waals surface area contributed by atoms with Gasteiger partial charge in [0.25, 0.3) is 0 Å². The molecule has 116 valence electrons. The van der Waals surface area contributed by atoms with Crippen LogP contribution in [0.25, 0.3) is 0 Å². The molecule has 21 heavy (non-hydrogen) atoms. The third-order valence-corrected chi connectivity index (χ3v) is 3.40. The van der Waals surface area contributed by atoms with Crippen molar-refractivity contribution < 1.29 is 27.9 Å². The summed E-state index contributed by atoms with van der Waals surface area (Å²) in [6.45, 7) is 4.99. The summed E-state index contributed by atoms with van der Waals surface area (Å²) in [5.74, 6) is -1.36. The van der Waals surface area contributed by atoms with Crippen LogP contribution in [0.15, 0.2) is 23.1 Å². The molecule has 0 aromatic heterocycles. The largest absolute Gasteiger partial charge is 0.478 e. The van der Waals surface area contributed by atoms with Crippen molar-refractivity contribution in [3.05, 3.63) is 23.8 Å². The van der Waals surface area contributed by atoms with E-state index >= 15 is 0 Å². The molecular formula is C13H17NO6S. The summed E-state index contributed by atoms with van der Waals surface area (Å²) in [5.41, 5.74) is -1.10.